The van der Waals surface area contributed by atoms with Crippen LogP contribution in [-0.2, 0) is 4.79 Å². The summed E-state index contributed by atoms with van der Waals surface area (Å²) in [5.41, 5.74) is 0.0832. The predicted molar refractivity (Wildman–Crippen MR) is 85.6 cm³/mol. The number of amides is 1. The molecule has 1 spiro atoms. The number of aliphatic imine (C=N–C) groups is 1. The first kappa shape index (κ1) is 15.6. The van der Waals surface area contributed by atoms with E-state index < -0.39 is 0 Å². The van der Waals surface area contributed by atoms with Crippen molar-refractivity contribution in [3.8, 4) is 0 Å². The molecule has 0 aromatic rings. The van der Waals surface area contributed by atoms with Crippen LogP contribution < -0.4 is 10.6 Å². The second kappa shape index (κ2) is 6.44. The van der Waals surface area contributed by atoms with Crippen LogP contribution in [0.25, 0.3) is 0 Å². The van der Waals surface area contributed by atoms with Gasteiger partial charge in [0.2, 0.25) is 5.91 Å². The van der Waals surface area contributed by atoms with E-state index in [1.165, 1.54) is 0 Å². The van der Waals surface area contributed by atoms with Crippen molar-refractivity contribution in [2.75, 3.05) is 33.2 Å². The van der Waals surface area contributed by atoms with Gasteiger partial charge in [0.05, 0.1) is 6.10 Å². The van der Waals surface area contributed by atoms with Gasteiger partial charge in [-0.25, -0.2) is 0 Å². The number of piperidine rings is 1. The summed E-state index contributed by atoms with van der Waals surface area (Å²) in [6, 6.07) is 0. The molecule has 1 saturated carbocycles. The molecule has 1 amide bonds. The van der Waals surface area contributed by atoms with Gasteiger partial charge >= 0.3 is 0 Å². The number of likely N-dealkylation sites (tertiary alicyclic amines) is 1. The topological polar surface area (TPSA) is 77.0 Å². The minimum atomic E-state index is -0.171. The largest absolute Gasteiger partial charge is 0.393 e. The van der Waals surface area contributed by atoms with Crippen LogP contribution in [0.15, 0.2) is 4.99 Å². The molecule has 0 aromatic heterocycles. The fourth-order valence-corrected chi connectivity index (χ4v) is 4.24. The highest BCUT2D eigenvalue weighted by molar-refractivity contribution is 5.81. The molecule has 3 fully saturated rings. The van der Waals surface area contributed by atoms with Crippen molar-refractivity contribution in [3.05, 3.63) is 0 Å². The molecule has 3 N–H and O–H groups in total. The minimum absolute atomic E-state index is 0.0832. The Kier molecular flexibility index (Phi) is 4.57. The molecule has 124 valence electrons. The monoisotopic (exact) mass is 308 g/mol. The second-order valence-corrected chi connectivity index (χ2v) is 7.17. The van der Waals surface area contributed by atoms with Gasteiger partial charge in [-0.05, 0) is 25.7 Å². The average molecular weight is 308 g/mol. The van der Waals surface area contributed by atoms with Crippen molar-refractivity contribution in [2.45, 2.75) is 44.6 Å². The number of carbonyl (C=O) groups excluding carboxylic acids is 1. The van der Waals surface area contributed by atoms with E-state index in [0.29, 0.717) is 12.3 Å². The first-order chi connectivity index (χ1) is 10.6. The Bertz CT molecular complexity index is 453. The lowest BCUT2D eigenvalue weighted by Gasteiger charge is -2.41. The van der Waals surface area contributed by atoms with Gasteiger partial charge in [0.1, 0.15) is 0 Å². The molecule has 3 aliphatic rings. The van der Waals surface area contributed by atoms with E-state index in [2.05, 4.69) is 20.5 Å². The quantitative estimate of drug-likeness (QED) is 0.507. The third kappa shape index (κ3) is 3.21. The Morgan fingerprint density at radius 2 is 2.36 bits per heavy atom. The van der Waals surface area contributed by atoms with Crippen molar-refractivity contribution >= 4 is 11.9 Å². The molecule has 0 bridgehead atoms. The van der Waals surface area contributed by atoms with Gasteiger partial charge in [-0.2, -0.15) is 0 Å². The van der Waals surface area contributed by atoms with Crippen LogP contribution in [0.2, 0.25) is 0 Å². The lowest BCUT2D eigenvalue weighted by Crippen LogP contribution is -2.52. The number of nitrogens with zero attached hydrogens (tertiary/aromatic N) is 2. The highest BCUT2D eigenvalue weighted by Gasteiger charge is 2.42. The number of aliphatic hydroxyl groups is 1. The highest BCUT2D eigenvalue weighted by Crippen LogP contribution is 2.36. The second-order valence-electron chi connectivity index (χ2n) is 7.17. The zero-order valence-corrected chi connectivity index (χ0v) is 13.5. The first-order valence-corrected chi connectivity index (χ1v) is 8.52. The average Bonchev–Trinajstić information content (AvgIpc) is 3.07. The van der Waals surface area contributed by atoms with E-state index in [-0.39, 0.29) is 17.4 Å². The lowest BCUT2D eigenvalue weighted by atomic mass is 9.79. The molecule has 3 unspecified atom stereocenters. The number of hydrogen-bond acceptors (Lipinski definition) is 3. The van der Waals surface area contributed by atoms with E-state index in [4.69, 9.17) is 0 Å². The molecule has 6 nitrogen and oxygen atoms in total. The number of guanidine groups is 1. The molecule has 3 atom stereocenters. The van der Waals surface area contributed by atoms with Crippen LogP contribution in [0.3, 0.4) is 0 Å². The smallest absolute Gasteiger partial charge is 0.220 e. The Hall–Kier alpha value is -1.30. The Balaban J connectivity index is 1.57. The van der Waals surface area contributed by atoms with Gasteiger partial charge in [0, 0.05) is 51.0 Å². The fraction of sp³-hybridized carbons (Fsp3) is 0.875. The standard InChI is InChI=1S/C16H28N4O2/c1-17-15(18-9-12-4-2-5-13(12)21)20-7-3-6-16(11-20)8-14(22)19-10-16/h12-13,21H,2-11H2,1H3,(H,17,18)(H,19,22). The number of rotatable bonds is 2. The number of nitrogens with one attached hydrogen (secondary N) is 2. The summed E-state index contributed by atoms with van der Waals surface area (Å²) in [5, 5.41) is 16.4. The molecule has 0 aromatic carbocycles. The van der Waals surface area contributed by atoms with Crippen molar-refractivity contribution in [1.29, 1.82) is 0 Å². The van der Waals surface area contributed by atoms with E-state index in [1.54, 1.807) is 0 Å². The van der Waals surface area contributed by atoms with Crippen molar-refractivity contribution in [1.82, 2.24) is 15.5 Å². The maximum Gasteiger partial charge on any atom is 0.220 e. The number of hydrogen-bond donors (Lipinski definition) is 3. The molecule has 2 heterocycles. The van der Waals surface area contributed by atoms with Crippen LogP contribution in [0, 0.1) is 11.3 Å². The maximum absolute atomic E-state index is 11.6. The van der Waals surface area contributed by atoms with Crippen molar-refractivity contribution in [3.63, 3.8) is 0 Å². The van der Waals surface area contributed by atoms with Crippen LogP contribution >= 0.6 is 0 Å². The number of carbonyl (C=O) groups is 1. The Labute approximate surface area is 132 Å². The SMILES string of the molecule is CN=C(NCC1CCCC1O)N1CCCC2(CNC(=O)C2)C1. The van der Waals surface area contributed by atoms with Crippen LogP contribution in [0.4, 0.5) is 0 Å². The summed E-state index contributed by atoms with van der Waals surface area (Å²) in [7, 11) is 1.81. The van der Waals surface area contributed by atoms with Crippen molar-refractivity contribution < 1.29 is 9.90 Å². The van der Waals surface area contributed by atoms with Gasteiger partial charge in [-0.3, -0.25) is 9.79 Å². The maximum atomic E-state index is 11.6. The molecular formula is C16H28N4O2. The van der Waals surface area contributed by atoms with E-state index in [9.17, 15) is 9.90 Å². The molecule has 2 aliphatic heterocycles. The molecule has 3 rings (SSSR count). The van der Waals surface area contributed by atoms with E-state index in [1.807, 2.05) is 7.05 Å². The summed E-state index contributed by atoms with van der Waals surface area (Å²) in [4.78, 5) is 18.3. The summed E-state index contributed by atoms with van der Waals surface area (Å²) < 4.78 is 0. The van der Waals surface area contributed by atoms with E-state index in [0.717, 1.165) is 64.2 Å². The molecular weight excluding hydrogens is 280 g/mol. The summed E-state index contributed by atoms with van der Waals surface area (Å²) in [6.45, 7) is 3.46. The van der Waals surface area contributed by atoms with E-state index >= 15 is 0 Å². The normalized spacial score (nSPS) is 36.0. The summed E-state index contributed by atoms with van der Waals surface area (Å²) in [5.74, 6) is 1.43. The third-order valence-corrected chi connectivity index (χ3v) is 5.51. The van der Waals surface area contributed by atoms with Crippen molar-refractivity contribution in [2.24, 2.45) is 16.3 Å². The Morgan fingerprint density at radius 1 is 1.50 bits per heavy atom. The molecule has 22 heavy (non-hydrogen) atoms. The molecule has 6 heteroatoms. The molecule has 0 radical (unpaired) electrons. The molecule has 2 saturated heterocycles. The highest BCUT2D eigenvalue weighted by atomic mass is 16.3. The lowest BCUT2D eigenvalue weighted by molar-refractivity contribution is -0.119. The number of aliphatic hydroxyl groups excluding tert-OH is 1. The van der Waals surface area contributed by atoms with Crippen LogP contribution in [-0.4, -0.2) is 61.2 Å². The fourth-order valence-electron chi connectivity index (χ4n) is 4.24. The zero-order valence-electron chi connectivity index (χ0n) is 13.5. The summed E-state index contributed by atoms with van der Waals surface area (Å²) in [6.07, 6.45) is 5.81. The van der Waals surface area contributed by atoms with Gasteiger partial charge in [-0.15, -0.1) is 0 Å². The third-order valence-electron chi connectivity index (χ3n) is 5.51. The minimum Gasteiger partial charge on any atom is -0.393 e. The van der Waals surface area contributed by atoms with Gasteiger partial charge in [-0.1, -0.05) is 6.42 Å². The zero-order chi connectivity index (χ0) is 15.6. The summed E-state index contributed by atoms with van der Waals surface area (Å²) >= 11 is 0. The van der Waals surface area contributed by atoms with Crippen LogP contribution in [0.5, 0.6) is 0 Å². The molecule has 1 aliphatic carbocycles. The van der Waals surface area contributed by atoms with Gasteiger partial charge in [0.15, 0.2) is 5.96 Å². The Morgan fingerprint density at radius 3 is 3.00 bits per heavy atom. The van der Waals surface area contributed by atoms with Crippen LogP contribution in [0.1, 0.15) is 38.5 Å². The first-order valence-electron chi connectivity index (χ1n) is 8.52. The predicted octanol–water partition coefficient (Wildman–Crippen LogP) is 0.325. The van der Waals surface area contributed by atoms with Gasteiger partial charge in [0.25, 0.3) is 0 Å². The van der Waals surface area contributed by atoms with Gasteiger partial charge < -0.3 is 20.6 Å².